The predicted molar refractivity (Wildman–Crippen MR) is 91.1 cm³/mol. The number of nitrogens with zero attached hydrogens (tertiary/aromatic N) is 1. The molecule has 23 heavy (non-hydrogen) atoms. The number of piperidine rings is 1. The number of amides is 2. The van der Waals surface area contributed by atoms with Gasteiger partial charge in [-0.2, -0.15) is 0 Å². The number of rotatable bonds is 5. The van der Waals surface area contributed by atoms with Gasteiger partial charge < -0.3 is 10.2 Å². The zero-order valence-electron chi connectivity index (χ0n) is 13.9. The standard InChI is InChI=1S/C17H26N2O3S/c1-14-9-11-19(15(2)13-14)17(20)18-10-6-12-23(21,22)16-7-4-3-5-8-16/h3-5,7-8,14-15H,6,9-13H2,1-2H3,(H,18,20)/t14-,15+/m0/s1. The molecule has 0 saturated carbocycles. The SMILES string of the molecule is C[C@H]1CCN(C(=O)NCCCS(=O)(=O)c2ccccc2)[C@H](C)C1. The van der Waals surface area contributed by atoms with Crippen LogP contribution in [0.1, 0.15) is 33.1 Å². The van der Waals surface area contributed by atoms with Crippen molar-refractivity contribution in [3.8, 4) is 0 Å². The molecule has 1 aromatic rings. The first-order valence-electron chi connectivity index (χ1n) is 8.22. The molecule has 128 valence electrons. The van der Waals surface area contributed by atoms with E-state index in [0.29, 0.717) is 23.8 Å². The van der Waals surface area contributed by atoms with Crippen molar-refractivity contribution in [3.05, 3.63) is 30.3 Å². The summed E-state index contributed by atoms with van der Waals surface area (Å²) in [5.74, 6) is 0.703. The Morgan fingerprint density at radius 3 is 2.61 bits per heavy atom. The number of likely N-dealkylation sites (tertiary alicyclic amines) is 1. The number of carbonyl (C=O) groups excluding carboxylic acids is 1. The van der Waals surface area contributed by atoms with Crippen molar-refractivity contribution in [1.82, 2.24) is 10.2 Å². The molecule has 1 saturated heterocycles. The number of hydrogen-bond donors (Lipinski definition) is 1. The largest absolute Gasteiger partial charge is 0.338 e. The maximum atomic E-state index is 12.2. The summed E-state index contributed by atoms with van der Waals surface area (Å²) >= 11 is 0. The topological polar surface area (TPSA) is 66.5 Å². The minimum absolute atomic E-state index is 0.0455. The van der Waals surface area contributed by atoms with Gasteiger partial charge in [-0.05, 0) is 44.2 Å². The highest BCUT2D eigenvalue weighted by Gasteiger charge is 2.26. The maximum absolute atomic E-state index is 12.2. The van der Waals surface area contributed by atoms with E-state index in [1.54, 1.807) is 30.3 Å². The van der Waals surface area contributed by atoms with Crippen molar-refractivity contribution in [3.63, 3.8) is 0 Å². The summed E-state index contributed by atoms with van der Waals surface area (Å²) in [5.41, 5.74) is 0. The molecule has 5 nitrogen and oxygen atoms in total. The van der Waals surface area contributed by atoms with E-state index in [4.69, 9.17) is 0 Å². The van der Waals surface area contributed by atoms with Crippen molar-refractivity contribution in [1.29, 1.82) is 0 Å². The van der Waals surface area contributed by atoms with Gasteiger partial charge in [0.05, 0.1) is 10.6 Å². The Morgan fingerprint density at radius 2 is 1.96 bits per heavy atom. The fourth-order valence-electron chi connectivity index (χ4n) is 3.01. The van der Waals surface area contributed by atoms with Gasteiger partial charge in [-0.25, -0.2) is 13.2 Å². The molecule has 0 radical (unpaired) electrons. The lowest BCUT2D eigenvalue weighted by atomic mass is 9.94. The van der Waals surface area contributed by atoms with E-state index in [9.17, 15) is 13.2 Å². The van der Waals surface area contributed by atoms with E-state index in [-0.39, 0.29) is 17.8 Å². The van der Waals surface area contributed by atoms with Gasteiger partial charge in [-0.1, -0.05) is 25.1 Å². The molecular formula is C17H26N2O3S. The molecule has 1 fully saturated rings. The number of hydrogen-bond acceptors (Lipinski definition) is 3. The van der Waals surface area contributed by atoms with Crippen LogP contribution >= 0.6 is 0 Å². The van der Waals surface area contributed by atoms with Crippen molar-refractivity contribution in [2.45, 2.75) is 44.0 Å². The van der Waals surface area contributed by atoms with Gasteiger partial charge in [0.15, 0.2) is 9.84 Å². The molecule has 0 aliphatic carbocycles. The average Bonchev–Trinajstić information content (AvgIpc) is 2.52. The van der Waals surface area contributed by atoms with E-state index in [2.05, 4.69) is 19.2 Å². The molecule has 0 bridgehead atoms. The Hall–Kier alpha value is -1.56. The third-order valence-electron chi connectivity index (χ3n) is 4.37. The van der Waals surface area contributed by atoms with E-state index in [1.165, 1.54) is 0 Å². The van der Waals surface area contributed by atoms with Crippen LogP contribution in [0.15, 0.2) is 35.2 Å². The lowest BCUT2D eigenvalue weighted by Gasteiger charge is -2.36. The van der Waals surface area contributed by atoms with Crippen LogP contribution in [0.25, 0.3) is 0 Å². The predicted octanol–water partition coefficient (Wildman–Crippen LogP) is 2.68. The van der Waals surface area contributed by atoms with E-state index in [1.807, 2.05) is 4.90 Å². The van der Waals surface area contributed by atoms with Crippen molar-refractivity contribution >= 4 is 15.9 Å². The molecule has 1 aromatic carbocycles. The van der Waals surface area contributed by atoms with E-state index >= 15 is 0 Å². The summed E-state index contributed by atoms with van der Waals surface area (Å²) in [7, 11) is -3.27. The Bertz CT molecular complexity index is 616. The van der Waals surface area contributed by atoms with Crippen LogP contribution < -0.4 is 5.32 Å². The van der Waals surface area contributed by atoms with Gasteiger partial charge in [-0.15, -0.1) is 0 Å². The summed E-state index contributed by atoms with van der Waals surface area (Å²) in [6.07, 6.45) is 2.47. The van der Waals surface area contributed by atoms with Gasteiger partial charge >= 0.3 is 6.03 Å². The zero-order valence-corrected chi connectivity index (χ0v) is 14.7. The Morgan fingerprint density at radius 1 is 1.26 bits per heavy atom. The molecule has 0 aromatic heterocycles. The highest BCUT2D eigenvalue weighted by atomic mass is 32.2. The van der Waals surface area contributed by atoms with Gasteiger partial charge in [0.1, 0.15) is 0 Å². The Labute approximate surface area is 139 Å². The second-order valence-corrected chi connectivity index (χ2v) is 8.50. The summed E-state index contributed by atoms with van der Waals surface area (Å²) in [4.78, 5) is 14.4. The highest BCUT2D eigenvalue weighted by molar-refractivity contribution is 7.91. The molecule has 2 amide bonds. The minimum atomic E-state index is -3.27. The molecule has 1 heterocycles. The maximum Gasteiger partial charge on any atom is 0.317 e. The van der Waals surface area contributed by atoms with Crippen LogP contribution in [0, 0.1) is 5.92 Å². The monoisotopic (exact) mass is 338 g/mol. The van der Waals surface area contributed by atoms with Crippen LogP contribution in [0.4, 0.5) is 4.79 Å². The smallest absolute Gasteiger partial charge is 0.317 e. The first kappa shape index (κ1) is 17.8. The highest BCUT2D eigenvalue weighted by Crippen LogP contribution is 2.21. The van der Waals surface area contributed by atoms with Crippen LogP contribution in [-0.4, -0.2) is 44.2 Å². The van der Waals surface area contributed by atoms with Crippen LogP contribution in [0.3, 0.4) is 0 Å². The zero-order chi connectivity index (χ0) is 16.9. The normalized spacial score (nSPS) is 21.9. The Kier molecular flexibility index (Phi) is 6.04. The minimum Gasteiger partial charge on any atom is -0.338 e. The van der Waals surface area contributed by atoms with Gasteiger partial charge in [0.2, 0.25) is 0 Å². The first-order valence-corrected chi connectivity index (χ1v) is 9.87. The third-order valence-corrected chi connectivity index (χ3v) is 6.18. The van der Waals surface area contributed by atoms with Gasteiger partial charge in [-0.3, -0.25) is 0 Å². The number of carbonyl (C=O) groups is 1. The molecule has 1 N–H and O–H groups in total. The second kappa shape index (κ2) is 7.81. The summed E-state index contributed by atoms with van der Waals surface area (Å²) in [5, 5.41) is 2.84. The van der Waals surface area contributed by atoms with E-state index < -0.39 is 9.84 Å². The molecule has 1 aliphatic rings. The molecule has 1 aliphatic heterocycles. The summed E-state index contributed by atoms with van der Waals surface area (Å²) in [6, 6.07) is 8.59. The lowest BCUT2D eigenvalue weighted by Crippen LogP contribution is -2.49. The number of sulfone groups is 1. The van der Waals surface area contributed by atoms with Gasteiger partial charge in [0.25, 0.3) is 0 Å². The quantitative estimate of drug-likeness (QED) is 0.840. The molecule has 0 spiro atoms. The second-order valence-electron chi connectivity index (χ2n) is 6.39. The van der Waals surface area contributed by atoms with Crippen molar-refractivity contribution < 1.29 is 13.2 Å². The molecule has 2 atom stereocenters. The summed E-state index contributed by atoms with van der Waals surface area (Å²) < 4.78 is 24.3. The van der Waals surface area contributed by atoms with Crippen molar-refractivity contribution in [2.75, 3.05) is 18.8 Å². The molecular weight excluding hydrogens is 312 g/mol. The molecule has 2 rings (SSSR count). The fraction of sp³-hybridized carbons (Fsp3) is 0.588. The number of urea groups is 1. The van der Waals surface area contributed by atoms with Crippen LogP contribution in [0.2, 0.25) is 0 Å². The first-order chi connectivity index (χ1) is 10.9. The Balaban J connectivity index is 1.76. The van der Waals surface area contributed by atoms with E-state index in [0.717, 1.165) is 19.4 Å². The average molecular weight is 338 g/mol. The molecule has 0 unspecified atom stereocenters. The van der Waals surface area contributed by atoms with Gasteiger partial charge in [0, 0.05) is 19.1 Å². The number of nitrogens with one attached hydrogen (secondary N) is 1. The third kappa shape index (κ3) is 4.96. The number of benzene rings is 1. The lowest BCUT2D eigenvalue weighted by molar-refractivity contribution is 0.140. The van der Waals surface area contributed by atoms with Crippen molar-refractivity contribution in [2.24, 2.45) is 5.92 Å². The van der Waals surface area contributed by atoms with Crippen LogP contribution in [0.5, 0.6) is 0 Å². The summed E-state index contributed by atoms with van der Waals surface area (Å²) in [6.45, 7) is 5.43. The van der Waals surface area contributed by atoms with Crippen LogP contribution in [-0.2, 0) is 9.84 Å². The molecule has 6 heteroatoms. The fourth-order valence-corrected chi connectivity index (χ4v) is 4.35.